The topological polar surface area (TPSA) is 34.9 Å². The van der Waals surface area contributed by atoms with E-state index in [1.54, 1.807) is 28.5 Å². The molecule has 1 aromatic heterocycles. The normalized spacial score (nSPS) is 11.2. The van der Waals surface area contributed by atoms with Crippen molar-refractivity contribution in [3.8, 4) is 5.69 Å². The predicted molar refractivity (Wildman–Crippen MR) is 131 cm³/mol. The largest absolute Gasteiger partial charge is 0.268 e. The number of aromatic nitrogens is 2. The second-order valence-electron chi connectivity index (χ2n) is 6.94. The van der Waals surface area contributed by atoms with E-state index in [2.05, 4.69) is 15.9 Å². The smallest absolute Gasteiger partial charge is 0.266 e. The van der Waals surface area contributed by atoms with Gasteiger partial charge in [0, 0.05) is 14.4 Å². The van der Waals surface area contributed by atoms with Crippen LogP contribution in [0.15, 0.2) is 68.8 Å². The molecule has 4 aromatic rings. The second-order valence-corrected chi connectivity index (χ2v) is 9.74. The highest BCUT2D eigenvalue weighted by Gasteiger charge is 2.18. The minimum absolute atomic E-state index is 0.173. The summed E-state index contributed by atoms with van der Waals surface area (Å²) in [6, 6.07) is 17.3. The standard InChI is InChI=1S/C23H17BrCl2N2OS/c1-13-4-3-5-14(2)22(13)28-20(12-30-17-8-6-15(24)7-9-17)27-21-18(23(28)29)10-16(25)11-19(21)26/h3-11H,12H2,1-2H3. The van der Waals surface area contributed by atoms with Crippen LogP contribution in [-0.2, 0) is 5.75 Å². The maximum Gasteiger partial charge on any atom is 0.266 e. The molecule has 0 aliphatic heterocycles. The van der Waals surface area contributed by atoms with Gasteiger partial charge in [0.2, 0.25) is 0 Å². The summed E-state index contributed by atoms with van der Waals surface area (Å²) in [5.41, 5.74) is 3.15. The lowest BCUT2D eigenvalue weighted by Crippen LogP contribution is -2.25. The Hall–Kier alpha value is -1.79. The van der Waals surface area contributed by atoms with Crippen molar-refractivity contribution in [3.05, 3.63) is 96.4 Å². The van der Waals surface area contributed by atoms with Crippen LogP contribution in [0, 0.1) is 13.8 Å². The molecule has 0 saturated carbocycles. The molecule has 0 bridgehead atoms. The number of para-hydroxylation sites is 1. The Bertz CT molecular complexity index is 1300. The molecule has 4 rings (SSSR count). The van der Waals surface area contributed by atoms with Gasteiger partial charge in [-0.25, -0.2) is 4.98 Å². The molecule has 3 aromatic carbocycles. The van der Waals surface area contributed by atoms with Gasteiger partial charge in [-0.15, -0.1) is 11.8 Å². The van der Waals surface area contributed by atoms with E-state index in [0.717, 1.165) is 26.2 Å². The van der Waals surface area contributed by atoms with Crippen molar-refractivity contribution in [2.75, 3.05) is 0 Å². The summed E-state index contributed by atoms with van der Waals surface area (Å²) in [7, 11) is 0. The number of hydrogen-bond donors (Lipinski definition) is 0. The molecule has 0 radical (unpaired) electrons. The number of thioether (sulfide) groups is 1. The van der Waals surface area contributed by atoms with E-state index in [9.17, 15) is 4.79 Å². The number of hydrogen-bond acceptors (Lipinski definition) is 3. The summed E-state index contributed by atoms with van der Waals surface area (Å²) in [6.07, 6.45) is 0. The summed E-state index contributed by atoms with van der Waals surface area (Å²) in [5.74, 6) is 1.15. The zero-order valence-corrected chi connectivity index (χ0v) is 20.2. The lowest BCUT2D eigenvalue weighted by Gasteiger charge is -2.18. The van der Waals surface area contributed by atoms with Crippen LogP contribution in [0.5, 0.6) is 0 Å². The Morgan fingerprint density at radius 3 is 2.37 bits per heavy atom. The minimum atomic E-state index is -0.173. The molecule has 0 N–H and O–H groups in total. The first-order chi connectivity index (χ1) is 14.3. The Labute approximate surface area is 197 Å². The molecule has 3 nitrogen and oxygen atoms in total. The van der Waals surface area contributed by atoms with Crippen LogP contribution < -0.4 is 5.56 Å². The fraction of sp³-hybridized carbons (Fsp3) is 0.130. The van der Waals surface area contributed by atoms with Crippen LogP contribution in [0.25, 0.3) is 16.6 Å². The van der Waals surface area contributed by atoms with Crippen LogP contribution in [0.4, 0.5) is 0 Å². The lowest BCUT2D eigenvalue weighted by atomic mass is 10.1. The Morgan fingerprint density at radius 1 is 1.03 bits per heavy atom. The van der Waals surface area contributed by atoms with E-state index in [0.29, 0.717) is 32.5 Å². The molecular formula is C23H17BrCl2N2OS. The summed E-state index contributed by atoms with van der Waals surface area (Å²) >= 11 is 17.7. The average molecular weight is 520 g/mol. The molecule has 1 heterocycles. The SMILES string of the molecule is Cc1cccc(C)c1-n1c(CSc2ccc(Br)cc2)nc2c(Cl)cc(Cl)cc2c1=O. The van der Waals surface area contributed by atoms with Crippen LogP contribution >= 0.6 is 50.9 Å². The molecule has 0 fully saturated rings. The van der Waals surface area contributed by atoms with Gasteiger partial charge < -0.3 is 0 Å². The molecule has 0 aliphatic rings. The summed E-state index contributed by atoms with van der Waals surface area (Å²) in [5, 5.41) is 1.20. The fourth-order valence-electron chi connectivity index (χ4n) is 3.42. The Kier molecular flexibility index (Phi) is 6.26. The van der Waals surface area contributed by atoms with Gasteiger partial charge in [0.1, 0.15) is 5.82 Å². The fourth-order valence-corrected chi connectivity index (χ4v) is 5.04. The molecule has 30 heavy (non-hydrogen) atoms. The highest BCUT2D eigenvalue weighted by Crippen LogP contribution is 2.30. The minimum Gasteiger partial charge on any atom is -0.268 e. The van der Waals surface area contributed by atoms with Gasteiger partial charge in [-0.2, -0.15) is 0 Å². The first kappa shape index (κ1) is 21.4. The summed E-state index contributed by atoms with van der Waals surface area (Å²) in [6.45, 7) is 3.99. The van der Waals surface area contributed by atoms with Gasteiger partial charge in [0.25, 0.3) is 5.56 Å². The molecule has 0 saturated heterocycles. The first-order valence-corrected chi connectivity index (χ1v) is 11.7. The van der Waals surface area contributed by atoms with E-state index < -0.39 is 0 Å². The van der Waals surface area contributed by atoms with Crippen LogP contribution in [0.3, 0.4) is 0 Å². The molecule has 0 spiro atoms. The third-order valence-corrected chi connectivity index (χ3v) is 6.85. The number of fused-ring (bicyclic) bond motifs is 1. The molecule has 0 aliphatic carbocycles. The van der Waals surface area contributed by atoms with Gasteiger partial charge >= 0.3 is 0 Å². The van der Waals surface area contributed by atoms with Crippen molar-refractivity contribution in [2.24, 2.45) is 0 Å². The van der Waals surface area contributed by atoms with Gasteiger partial charge in [-0.05, 0) is 61.4 Å². The quantitative estimate of drug-likeness (QED) is 0.264. The number of halogens is 3. The van der Waals surface area contributed by atoms with Crippen molar-refractivity contribution in [1.82, 2.24) is 9.55 Å². The molecule has 0 unspecified atom stereocenters. The molecule has 0 amide bonds. The summed E-state index contributed by atoms with van der Waals surface area (Å²) < 4.78 is 2.72. The van der Waals surface area contributed by atoms with E-state index >= 15 is 0 Å². The average Bonchev–Trinajstić information content (AvgIpc) is 2.70. The third-order valence-electron chi connectivity index (χ3n) is 4.81. The first-order valence-electron chi connectivity index (χ1n) is 9.21. The van der Waals surface area contributed by atoms with Crippen LogP contribution in [0.1, 0.15) is 17.0 Å². The van der Waals surface area contributed by atoms with Gasteiger partial charge in [0.15, 0.2) is 0 Å². The number of benzene rings is 3. The number of nitrogens with zero attached hydrogens (tertiary/aromatic N) is 2. The number of rotatable bonds is 4. The number of aryl methyl sites for hydroxylation is 2. The van der Waals surface area contributed by atoms with E-state index in [4.69, 9.17) is 28.2 Å². The van der Waals surface area contributed by atoms with Crippen molar-refractivity contribution >= 4 is 61.8 Å². The van der Waals surface area contributed by atoms with Gasteiger partial charge in [0.05, 0.1) is 27.4 Å². The van der Waals surface area contributed by atoms with Crippen LogP contribution in [-0.4, -0.2) is 9.55 Å². The predicted octanol–water partition coefficient (Wildman–Crippen LogP) is 7.36. The highest BCUT2D eigenvalue weighted by atomic mass is 79.9. The van der Waals surface area contributed by atoms with Gasteiger partial charge in [-0.3, -0.25) is 9.36 Å². The molecule has 0 atom stereocenters. The Morgan fingerprint density at radius 2 is 1.70 bits per heavy atom. The Balaban J connectivity index is 1.94. The zero-order valence-electron chi connectivity index (χ0n) is 16.2. The highest BCUT2D eigenvalue weighted by molar-refractivity contribution is 9.10. The molecular weight excluding hydrogens is 503 g/mol. The zero-order chi connectivity index (χ0) is 21.4. The summed E-state index contributed by atoms with van der Waals surface area (Å²) in [4.78, 5) is 19.5. The van der Waals surface area contributed by atoms with Crippen molar-refractivity contribution in [1.29, 1.82) is 0 Å². The van der Waals surface area contributed by atoms with Crippen molar-refractivity contribution in [3.63, 3.8) is 0 Å². The molecule has 7 heteroatoms. The van der Waals surface area contributed by atoms with E-state index in [1.807, 2.05) is 56.3 Å². The monoisotopic (exact) mass is 518 g/mol. The maximum absolute atomic E-state index is 13.6. The third kappa shape index (κ3) is 4.17. The second kappa shape index (κ2) is 8.75. The van der Waals surface area contributed by atoms with Crippen molar-refractivity contribution < 1.29 is 0 Å². The van der Waals surface area contributed by atoms with E-state index in [1.165, 1.54) is 0 Å². The van der Waals surface area contributed by atoms with E-state index in [-0.39, 0.29) is 5.56 Å². The van der Waals surface area contributed by atoms with Crippen LogP contribution in [0.2, 0.25) is 10.0 Å². The van der Waals surface area contributed by atoms with Gasteiger partial charge in [-0.1, -0.05) is 57.3 Å². The van der Waals surface area contributed by atoms with Crippen molar-refractivity contribution in [2.45, 2.75) is 24.5 Å². The lowest BCUT2D eigenvalue weighted by molar-refractivity contribution is 0.870. The maximum atomic E-state index is 13.6. The molecule has 152 valence electrons.